The summed E-state index contributed by atoms with van der Waals surface area (Å²) in [5.41, 5.74) is 1.68. The molecule has 21 heavy (non-hydrogen) atoms. The van der Waals surface area contributed by atoms with Gasteiger partial charge in [0, 0.05) is 19.5 Å². The minimum absolute atomic E-state index is 0.108. The van der Waals surface area contributed by atoms with Crippen molar-refractivity contribution < 1.29 is 9.53 Å². The number of nitrogens with zero attached hydrogens (tertiary/aromatic N) is 1. The Kier molecular flexibility index (Phi) is 3.68. The monoisotopic (exact) mass is 287 g/mol. The lowest BCUT2D eigenvalue weighted by molar-refractivity contribution is 0.0685. The van der Waals surface area contributed by atoms with Crippen LogP contribution in [0, 0.1) is 0 Å². The van der Waals surface area contributed by atoms with Crippen molar-refractivity contribution in [2.24, 2.45) is 0 Å². The number of carbonyl (C=O) groups excluding carboxylic acids is 1. The van der Waals surface area contributed by atoms with Crippen LogP contribution in [0.1, 0.15) is 61.9 Å². The molecular formula is C18H25NO2. The van der Waals surface area contributed by atoms with E-state index in [4.69, 9.17) is 4.74 Å². The topological polar surface area (TPSA) is 29.5 Å². The van der Waals surface area contributed by atoms with Crippen molar-refractivity contribution in [1.82, 2.24) is 4.90 Å². The van der Waals surface area contributed by atoms with Crippen LogP contribution in [0.3, 0.4) is 0 Å². The van der Waals surface area contributed by atoms with Crippen LogP contribution in [-0.2, 0) is 6.42 Å². The van der Waals surface area contributed by atoms with Gasteiger partial charge in [-0.25, -0.2) is 0 Å². The van der Waals surface area contributed by atoms with E-state index < -0.39 is 0 Å². The molecule has 2 aliphatic rings. The predicted octanol–water partition coefficient (Wildman–Crippen LogP) is 3.80. The fraction of sp³-hybridized carbons (Fsp3) is 0.611. The Balaban J connectivity index is 1.84. The first kappa shape index (κ1) is 14.4. The first-order valence-electron chi connectivity index (χ1n) is 8.06. The molecule has 1 heterocycles. The van der Waals surface area contributed by atoms with Gasteiger partial charge in [0.2, 0.25) is 0 Å². The van der Waals surface area contributed by atoms with Gasteiger partial charge in [0.1, 0.15) is 11.4 Å². The Morgan fingerprint density at radius 2 is 1.95 bits per heavy atom. The highest BCUT2D eigenvalue weighted by Gasteiger charge is 2.34. The molecule has 114 valence electrons. The van der Waals surface area contributed by atoms with Gasteiger partial charge in [-0.3, -0.25) is 4.79 Å². The normalized spacial score (nSPS) is 20.7. The van der Waals surface area contributed by atoms with Crippen LogP contribution in [0.25, 0.3) is 0 Å². The average Bonchev–Trinajstić information content (AvgIpc) is 2.80. The number of hydrogen-bond acceptors (Lipinski definition) is 2. The molecule has 1 aliphatic heterocycles. The molecule has 0 unspecified atom stereocenters. The minimum Gasteiger partial charge on any atom is -0.486 e. The summed E-state index contributed by atoms with van der Waals surface area (Å²) in [7, 11) is 1.94. The van der Waals surface area contributed by atoms with E-state index in [1.165, 1.54) is 19.3 Å². The van der Waals surface area contributed by atoms with Gasteiger partial charge in [-0.2, -0.15) is 0 Å². The van der Waals surface area contributed by atoms with Gasteiger partial charge in [-0.15, -0.1) is 0 Å². The zero-order chi connectivity index (χ0) is 15.0. The highest BCUT2D eigenvalue weighted by molar-refractivity contribution is 5.97. The molecule has 1 fully saturated rings. The highest BCUT2D eigenvalue weighted by Crippen LogP contribution is 2.38. The maximum Gasteiger partial charge on any atom is 0.257 e. The van der Waals surface area contributed by atoms with Crippen molar-refractivity contribution in [3.05, 3.63) is 29.3 Å². The number of amides is 1. The molecule has 3 heteroatoms. The van der Waals surface area contributed by atoms with Crippen molar-refractivity contribution in [3.63, 3.8) is 0 Å². The van der Waals surface area contributed by atoms with Gasteiger partial charge in [0.05, 0.1) is 5.56 Å². The molecule has 0 aromatic heterocycles. The Morgan fingerprint density at radius 3 is 2.67 bits per heavy atom. The zero-order valence-corrected chi connectivity index (χ0v) is 13.3. The number of ether oxygens (including phenoxy) is 1. The lowest BCUT2D eigenvalue weighted by Crippen LogP contribution is -2.38. The Morgan fingerprint density at radius 1 is 1.24 bits per heavy atom. The third-order valence-corrected chi connectivity index (χ3v) is 4.76. The molecule has 0 atom stereocenters. The third kappa shape index (κ3) is 2.78. The zero-order valence-electron chi connectivity index (χ0n) is 13.3. The fourth-order valence-electron chi connectivity index (χ4n) is 3.61. The quantitative estimate of drug-likeness (QED) is 0.828. The molecule has 1 saturated carbocycles. The van der Waals surface area contributed by atoms with E-state index in [1.807, 2.05) is 24.1 Å². The van der Waals surface area contributed by atoms with Crippen LogP contribution in [0.4, 0.5) is 0 Å². The van der Waals surface area contributed by atoms with Crippen LogP contribution in [0.2, 0.25) is 0 Å². The lowest BCUT2D eigenvalue weighted by Gasteiger charge is -2.31. The van der Waals surface area contributed by atoms with E-state index in [0.29, 0.717) is 6.04 Å². The molecule has 0 radical (unpaired) electrons. The molecule has 1 amide bonds. The largest absolute Gasteiger partial charge is 0.486 e. The van der Waals surface area contributed by atoms with E-state index in [9.17, 15) is 4.79 Å². The molecule has 0 bridgehead atoms. The van der Waals surface area contributed by atoms with E-state index in [2.05, 4.69) is 19.9 Å². The second kappa shape index (κ2) is 5.36. The van der Waals surface area contributed by atoms with Gasteiger partial charge >= 0.3 is 0 Å². The van der Waals surface area contributed by atoms with Crippen molar-refractivity contribution in [2.45, 2.75) is 64.0 Å². The van der Waals surface area contributed by atoms with E-state index in [-0.39, 0.29) is 11.5 Å². The molecule has 3 rings (SSSR count). The predicted molar refractivity (Wildman–Crippen MR) is 83.8 cm³/mol. The van der Waals surface area contributed by atoms with Gasteiger partial charge < -0.3 is 9.64 Å². The molecule has 3 nitrogen and oxygen atoms in total. The van der Waals surface area contributed by atoms with Gasteiger partial charge in [-0.05, 0) is 38.3 Å². The number of rotatable bonds is 2. The maximum atomic E-state index is 12.9. The first-order valence-corrected chi connectivity index (χ1v) is 8.06. The SMILES string of the molecule is CN(C(=O)c1cccc2c1OC(C)(C)C2)C1CCCCC1. The summed E-state index contributed by atoms with van der Waals surface area (Å²) in [5, 5.41) is 0. The molecule has 1 aromatic rings. The number of carbonyl (C=O) groups is 1. The highest BCUT2D eigenvalue weighted by atomic mass is 16.5. The second-order valence-electron chi connectivity index (χ2n) is 7.04. The summed E-state index contributed by atoms with van der Waals surface area (Å²) in [5.74, 6) is 0.909. The molecule has 1 aromatic carbocycles. The number of fused-ring (bicyclic) bond motifs is 1. The van der Waals surface area contributed by atoms with E-state index in [0.717, 1.165) is 36.1 Å². The summed E-state index contributed by atoms with van der Waals surface area (Å²) in [4.78, 5) is 14.8. The lowest BCUT2D eigenvalue weighted by atomic mass is 9.94. The van der Waals surface area contributed by atoms with E-state index in [1.54, 1.807) is 0 Å². The second-order valence-corrected chi connectivity index (χ2v) is 7.04. The maximum absolute atomic E-state index is 12.9. The van der Waals surface area contributed by atoms with Crippen molar-refractivity contribution in [1.29, 1.82) is 0 Å². The molecule has 0 N–H and O–H groups in total. The Labute approximate surface area is 127 Å². The summed E-state index contributed by atoms with van der Waals surface area (Å²) in [6.45, 7) is 4.15. The van der Waals surface area contributed by atoms with E-state index >= 15 is 0 Å². The standard InChI is InChI=1S/C18H25NO2/c1-18(2)12-13-8-7-11-15(16(13)21-18)17(20)19(3)14-9-5-4-6-10-14/h7-8,11,14H,4-6,9-10,12H2,1-3H3. The number of para-hydroxylation sites is 1. The summed E-state index contributed by atoms with van der Waals surface area (Å²) in [6, 6.07) is 6.34. The minimum atomic E-state index is -0.206. The van der Waals surface area contributed by atoms with Gasteiger partial charge in [0.15, 0.2) is 0 Å². The smallest absolute Gasteiger partial charge is 0.257 e. The first-order chi connectivity index (χ1) is 9.98. The van der Waals surface area contributed by atoms with Crippen molar-refractivity contribution in [2.75, 3.05) is 7.05 Å². The van der Waals surface area contributed by atoms with Crippen LogP contribution in [0.15, 0.2) is 18.2 Å². The summed E-state index contributed by atoms with van der Waals surface area (Å²) >= 11 is 0. The summed E-state index contributed by atoms with van der Waals surface area (Å²) in [6.07, 6.45) is 6.90. The fourth-order valence-corrected chi connectivity index (χ4v) is 3.61. The molecule has 1 aliphatic carbocycles. The molecule has 0 saturated heterocycles. The average molecular weight is 287 g/mol. The summed E-state index contributed by atoms with van der Waals surface area (Å²) < 4.78 is 6.04. The molecular weight excluding hydrogens is 262 g/mol. The van der Waals surface area contributed by atoms with Crippen molar-refractivity contribution in [3.8, 4) is 5.75 Å². The Hall–Kier alpha value is -1.51. The number of hydrogen-bond donors (Lipinski definition) is 0. The number of benzene rings is 1. The van der Waals surface area contributed by atoms with Gasteiger partial charge in [0.25, 0.3) is 5.91 Å². The van der Waals surface area contributed by atoms with Crippen LogP contribution in [0.5, 0.6) is 5.75 Å². The van der Waals surface area contributed by atoms with Crippen LogP contribution < -0.4 is 4.74 Å². The van der Waals surface area contributed by atoms with Crippen LogP contribution in [-0.4, -0.2) is 29.5 Å². The van der Waals surface area contributed by atoms with Crippen LogP contribution >= 0.6 is 0 Å². The van der Waals surface area contributed by atoms with Gasteiger partial charge in [-0.1, -0.05) is 31.4 Å². The third-order valence-electron chi connectivity index (χ3n) is 4.76. The Bertz CT molecular complexity index is 544. The molecule has 0 spiro atoms. The van der Waals surface area contributed by atoms with Crippen molar-refractivity contribution >= 4 is 5.91 Å².